The highest BCUT2D eigenvalue weighted by Crippen LogP contribution is 2.24. The largest absolute Gasteiger partial charge is 0.491 e. The number of nitrogens with zero attached hydrogens (tertiary/aromatic N) is 1. The third-order valence-corrected chi connectivity index (χ3v) is 4.36. The maximum absolute atomic E-state index is 12.2. The first-order valence-corrected chi connectivity index (χ1v) is 8.85. The van der Waals surface area contributed by atoms with Gasteiger partial charge in [-0.3, -0.25) is 4.79 Å². The average molecular weight is 318 g/mol. The normalized spacial score (nSPS) is 15.0. The summed E-state index contributed by atoms with van der Waals surface area (Å²) >= 11 is 0. The van der Waals surface area contributed by atoms with Crippen molar-refractivity contribution in [2.75, 3.05) is 25.4 Å². The zero-order valence-corrected chi connectivity index (χ0v) is 14.5. The molecular formula is C19H30N2O2. The minimum Gasteiger partial charge on any atom is -0.491 e. The van der Waals surface area contributed by atoms with Gasteiger partial charge in [0.15, 0.2) is 0 Å². The molecule has 1 fully saturated rings. The Hall–Kier alpha value is -1.71. The zero-order chi connectivity index (χ0) is 16.7. The number of rotatable bonds is 7. The van der Waals surface area contributed by atoms with Crippen LogP contribution in [0.15, 0.2) is 18.2 Å². The molecule has 1 amide bonds. The number of likely N-dealkylation sites (tertiary alicyclic amines) is 1. The molecule has 0 radical (unpaired) electrons. The number of carbonyl (C=O) groups excluding carboxylic acids is 1. The molecule has 0 aliphatic carbocycles. The summed E-state index contributed by atoms with van der Waals surface area (Å²) < 4.78 is 5.72. The van der Waals surface area contributed by atoms with Crippen LogP contribution < -0.4 is 10.5 Å². The van der Waals surface area contributed by atoms with Gasteiger partial charge in [0.1, 0.15) is 5.75 Å². The van der Waals surface area contributed by atoms with E-state index in [4.69, 9.17) is 10.5 Å². The predicted molar refractivity (Wildman–Crippen MR) is 94.6 cm³/mol. The van der Waals surface area contributed by atoms with Gasteiger partial charge in [0, 0.05) is 19.5 Å². The monoisotopic (exact) mass is 318 g/mol. The van der Waals surface area contributed by atoms with E-state index in [1.807, 2.05) is 23.1 Å². The van der Waals surface area contributed by atoms with Gasteiger partial charge in [0.2, 0.25) is 5.91 Å². The number of hydrogen-bond acceptors (Lipinski definition) is 3. The van der Waals surface area contributed by atoms with Crippen molar-refractivity contribution in [1.29, 1.82) is 0 Å². The van der Waals surface area contributed by atoms with Crippen molar-refractivity contribution in [3.8, 4) is 5.75 Å². The number of carbonyl (C=O) groups is 1. The highest BCUT2D eigenvalue weighted by molar-refractivity contribution is 5.76. The van der Waals surface area contributed by atoms with Crippen LogP contribution in [-0.4, -0.2) is 30.5 Å². The maximum atomic E-state index is 12.2. The first-order chi connectivity index (χ1) is 11.1. The Labute approximate surface area is 140 Å². The second-order valence-corrected chi connectivity index (χ2v) is 6.84. The molecule has 0 aromatic heterocycles. The second-order valence-electron chi connectivity index (χ2n) is 6.84. The van der Waals surface area contributed by atoms with Crippen molar-refractivity contribution in [2.24, 2.45) is 5.92 Å². The molecule has 0 unspecified atom stereocenters. The van der Waals surface area contributed by atoms with Crippen LogP contribution in [0.4, 0.5) is 5.69 Å². The van der Waals surface area contributed by atoms with Crippen LogP contribution in [0.1, 0.15) is 51.5 Å². The molecule has 1 heterocycles. The fourth-order valence-electron chi connectivity index (χ4n) is 2.84. The molecule has 128 valence electrons. The number of nitrogen functional groups attached to an aromatic ring is 1. The van der Waals surface area contributed by atoms with Gasteiger partial charge in [-0.1, -0.05) is 19.9 Å². The highest BCUT2D eigenvalue weighted by atomic mass is 16.5. The van der Waals surface area contributed by atoms with E-state index < -0.39 is 0 Å². The first-order valence-electron chi connectivity index (χ1n) is 8.85. The SMILES string of the molecule is CC(C)CCOc1ccc(CCC(=O)N2CCCCC2)cc1N. The number of amides is 1. The molecule has 0 spiro atoms. The van der Waals surface area contributed by atoms with Crippen LogP contribution in [0.25, 0.3) is 0 Å². The van der Waals surface area contributed by atoms with Gasteiger partial charge in [-0.15, -0.1) is 0 Å². The lowest BCUT2D eigenvalue weighted by molar-refractivity contribution is -0.132. The number of anilines is 1. The molecule has 2 N–H and O–H groups in total. The summed E-state index contributed by atoms with van der Waals surface area (Å²) in [6.45, 7) is 6.88. The third kappa shape index (κ3) is 5.77. The van der Waals surface area contributed by atoms with E-state index in [0.717, 1.165) is 50.1 Å². The van der Waals surface area contributed by atoms with E-state index in [1.165, 1.54) is 6.42 Å². The molecule has 0 saturated carbocycles. The number of aryl methyl sites for hydroxylation is 1. The molecule has 1 aromatic rings. The predicted octanol–water partition coefficient (Wildman–Crippen LogP) is 3.64. The molecule has 0 atom stereocenters. The number of ether oxygens (including phenoxy) is 1. The molecular weight excluding hydrogens is 288 g/mol. The van der Waals surface area contributed by atoms with Gasteiger partial charge in [-0.2, -0.15) is 0 Å². The maximum Gasteiger partial charge on any atom is 0.222 e. The number of piperidine rings is 1. The van der Waals surface area contributed by atoms with Crippen molar-refractivity contribution in [3.05, 3.63) is 23.8 Å². The van der Waals surface area contributed by atoms with Crippen LogP contribution in [0.5, 0.6) is 5.75 Å². The summed E-state index contributed by atoms with van der Waals surface area (Å²) in [5.41, 5.74) is 7.83. The Balaban J connectivity index is 1.81. The van der Waals surface area contributed by atoms with E-state index in [-0.39, 0.29) is 5.91 Å². The van der Waals surface area contributed by atoms with Gasteiger partial charge < -0.3 is 15.4 Å². The lowest BCUT2D eigenvalue weighted by Gasteiger charge is -2.26. The van der Waals surface area contributed by atoms with Crippen molar-refractivity contribution in [1.82, 2.24) is 4.90 Å². The van der Waals surface area contributed by atoms with Crippen molar-refractivity contribution < 1.29 is 9.53 Å². The van der Waals surface area contributed by atoms with Gasteiger partial charge in [0.25, 0.3) is 0 Å². The highest BCUT2D eigenvalue weighted by Gasteiger charge is 2.16. The topological polar surface area (TPSA) is 55.6 Å². The van der Waals surface area contributed by atoms with Crippen LogP contribution in [-0.2, 0) is 11.2 Å². The van der Waals surface area contributed by atoms with Crippen LogP contribution in [0, 0.1) is 5.92 Å². The Kier molecular flexibility index (Phi) is 6.75. The van der Waals surface area contributed by atoms with E-state index in [1.54, 1.807) is 0 Å². The minimum absolute atomic E-state index is 0.264. The quantitative estimate of drug-likeness (QED) is 0.781. The molecule has 1 aliphatic rings. The molecule has 1 aliphatic heterocycles. The van der Waals surface area contributed by atoms with Crippen molar-refractivity contribution in [2.45, 2.75) is 52.4 Å². The lowest BCUT2D eigenvalue weighted by atomic mass is 10.1. The molecule has 1 saturated heterocycles. The number of nitrogens with two attached hydrogens (primary N) is 1. The Bertz CT molecular complexity index is 508. The van der Waals surface area contributed by atoms with E-state index >= 15 is 0 Å². The third-order valence-electron chi connectivity index (χ3n) is 4.36. The Morgan fingerprint density at radius 2 is 2.00 bits per heavy atom. The first kappa shape index (κ1) is 17.6. The zero-order valence-electron chi connectivity index (χ0n) is 14.5. The minimum atomic E-state index is 0.264. The summed E-state index contributed by atoms with van der Waals surface area (Å²) in [7, 11) is 0. The summed E-state index contributed by atoms with van der Waals surface area (Å²) in [6.07, 6.45) is 5.85. The van der Waals surface area contributed by atoms with Crippen molar-refractivity contribution in [3.63, 3.8) is 0 Å². The lowest BCUT2D eigenvalue weighted by Crippen LogP contribution is -2.35. The van der Waals surface area contributed by atoms with Crippen LogP contribution >= 0.6 is 0 Å². The molecule has 0 bridgehead atoms. The van der Waals surface area contributed by atoms with Crippen molar-refractivity contribution >= 4 is 11.6 Å². The fraction of sp³-hybridized carbons (Fsp3) is 0.632. The fourth-order valence-corrected chi connectivity index (χ4v) is 2.84. The number of hydrogen-bond donors (Lipinski definition) is 1. The van der Waals surface area contributed by atoms with Crippen LogP contribution in [0.3, 0.4) is 0 Å². The number of benzene rings is 1. The summed E-state index contributed by atoms with van der Waals surface area (Å²) in [5, 5.41) is 0. The molecule has 23 heavy (non-hydrogen) atoms. The molecule has 4 heteroatoms. The summed E-state index contributed by atoms with van der Waals surface area (Å²) in [6, 6.07) is 5.88. The van der Waals surface area contributed by atoms with E-state index in [9.17, 15) is 4.79 Å². The smallest absolute Gasteiger partial charge is 0.222 e. The second kappa shape index (κ2) is 8.80. The van der Waals surface area contributed by atoms with E-state index in [0.29, 0.717) is 24.6 Å². The molecule has 2 rings (SSSR count). The standard InChI is InChI=1S/C19H30N2O2/c1-15(2)10-13-23-18-8-6-16(14-17(18)20)7-9-19(22)21-11-4-3-5-12-21/h6,8,14-15H,3-5,7,9-13,20H2,1-2H3. The van der Waals surface area contributed by atoms with Gasteiger partial charge in [0.05, 0.1) is 12.3 Å². The van der Waals surface area contributed by atoms with E-state index in [2.05, 4.69) is 13.8 Å². The van der Waals surface area contributed by atoms with Gasteiger partial charge in [-0.25, -0.2) is 0 Å². The summed E-state index contributed by atoms with van der Waals surface area (Å²) in [5.74, 6) is 1.63. The average Bonchev–Trinajstić information content (AvgIpc) is 2.55. The molecule has 4 nitrogen and oxygen atoms in total. The van der Waals surface area contributed by atoms with Gasteiger partial charge in [-0.05, 0) is 55.7 Å². The van der Waals surface area contributed by atoms with Crippen LogP contribution in [0.2, 0.25) is 0 Å². The summed E-state index contributed by atoms with van der Waals surface area (Å²) in [4.78, 5) is 14.2. The Morgan fingerprint density at radius 3 is 2.65 bits per heavy atom. The van der Waals surface area contributed by atoms with Gasteiger partial charge >= 0.3 is 0 Å². The Morgan fingerprint density at radius 1 is 1.26 bits per heavy atom. The molecule has 1 aromatic carbocycles.